The van der Waals surface area contributed by atoms with Crippen LogP contribution < -0.4 is 0 Å². The Hall–Kier alpha value is -1.36. The molecule has 1 aromatic carbocycles. The van der Waals surface area contributed by atoms with Crippen LogP contribution >= 0.6 is 7.37 Å². The number of hydrogen-bond acceptors (Lipinski definition) is 5. The van der Waals surface area contributed by atoms with Crippen molar-refractivity contribution in [2.75, 3.05) is 32.1 Å². The number of benzene rings is 1. The molecule has 0 saturated carbocycles. The minimum atomic E-state index is -2.58. The van der Waals surface area contributed by atoms with Crippen LogP contribution in [0, 0.1) is 0 Å². The Kier molecular flexibility index (Phi) is 9.79. The lowest BCUT2D eigenvalue weighted by atomic mass is 10.1. The van der Waals surface area contributed by atoms with Gasteiger partial charge in [-0.1, -0.05) is 19.1 Å². The van der Waals surface area contributed by atoms with Crippen LogP contribution in [0.2, 0.25) is 0 Å². The number of carbonyl (C=O) groups is 1. The third-order valence-corrected chi connectivity index (χ3v) is 6.54. The van der Waals surface area contributed by atoms with Crippen LogP contribution in [0.5, 0.6) is 5.75 Å². The minimum absolute atomic E-state index is 0.160. The first-order valence-electron chi connectivity index (χ1n) is 8.81. The summed E-state index contributed by atoms with van der Waals surface area (Å²) in [6.07, 6.45) is 3.12. The molecule has 0 spiro atoms. The predicted octanol–water partition coefficient (Wildman–Crippen LogP) is 3.83. The van der Waals surface area contributed by atoms with Gasteiger partial charge in [0.05, 0.1) is 13.2 Å². The summed E-state index contributed by atoms with van der Waals surface area (Å²) >= 11 is 0. The van der Waals surface area contributed by atoms with Crippen LogP contribution in [0.15, 0.2) is 24.3 Å². The maximum absolute atomic E-state index is 12.4. The van der Waals surface area contributed by atoms with Crippen molar-refractivity contribution in [1.29, 1.82) is 0 Å². The first kappa shape index (κ1) is 21.7. The van der Waals surface area contributed by atoms with E-state index in [9.17, 15) is 14.5 Å². The molecule has 6 nitrogen and oxygen atoms in total. The van der Waals surface area contributed by atoms with Crippen LogP contribution in [0.1, 0.15) is 39.2 Å². The number of phenolic OH excluding ortho intramolecular Hbond substituents is 1. The third-order valence-electron chi connectivity index (χ3n) is 3.85. The van der Waals surface area contributed by atoms with Crippen molar-refractivity contribution < 1.29 is 23.8 Å². The van der Waals surface area contributed by atoms with Crippen LogP contribution in [-0.4, -0.2) is 48.2 Å². The normalized spacial score (nSPS) is 13.4. The highest BCUT2D eigenvalue weighted by Gasteiger charge is 2.20. The number of hydroxylamine groups is 2. The standard InChI is InChI=1S/C18H30NO5P/c1-4-24-25(22,5-2)15-7-13-19(16(3)20)23-14-6-8-17-9-11-18(21)12-10-17/h9-12,21H,4-8,13-15H2,1-3H3. The van der Waals surface area contributed by atoms with E-state index in [0.717, 1.165) is 18.4 Å². The maximum atomic E-state index is 12.4. The summed E-state index contributed by atoms with van der Waals surface area (Å²) in [4.78, 5) is 17.2. The van der Waals surface area contributed by atoms with Gasteiger partial charge in [0.15, 0.2) is 0 Å². The molecule has 0 bridgehead atoms. The van der Waals surface area contributed by atoms with Gasteiger partial charge in [-0.05, 0) is 43.9 Å². The Bertz CT molecular complexity index is 561. The molecule has 1 atom stereocenters. The largest absolute Gasteiger partial charge is 0.508 e. The summed E-state index contributed by atoms with van der Waals surface area (Å²) in [6.45, 7) is 6.43. The highest BCUT2D eigenvalue weighted by atomic mass is 31.2. The van der Waals surface area contributed by atoms with Gasteiger partial charge in [0.2, 0.25) is 13.3 Å². The van der Waals surface area contributed by atoms with Gasteiger partial charge in [0, 0.05) is 25.8 Å². The first-order valence-corrected chi connectivity index (χ1v) is 10.8. The maximum Gasteiger partial charge on any atom is 0.242 e. The predicted molar refractivity (Wildman–Crippen MR) is 99.0 cm³/mol. The topological polar surface area (TPSA) is 76.1 Å². The molecule has 0 aliphatic carbocycles. The fourth-order valence-electron chi connectivity index (χ4n) is 2.43. The molecule has 0 aliphatic heterocycles. The van der Waals surface area contributed by atoms with Crippen molar-refractivity contribution in [1.82, 2.24) is 5.06 Å². The Balaban J connectivity index is 2.33. The zero-order chi connectivity index (χ0) is 18.7. The van der Waals surface area contributed by atoms with E-state index in [0.29, 0.717) is 38.5 Å². The number of amides is 1. The summed E-state index contributed by atoms with van der Waals surface area (Å²) in [7, 11) is -2.58. The molecule has 7 heteroatoms. The second-order valence-corrected chi connectivity index (χ2v) is 8.82. The molecular formula is C18H30NO5P. The van der Waals surface area contributed by atoms with E-state index >= 15 is 0 Å². The molecule has 1 aromatic rings. The highest BCUT2D eigenvalue weighted by Crippen LogP contribution is 2.46. The summed E-state index contributed by atoms with van der Waals surface area (Å²) in [5.41, 5.74) is 1.11. The van der Waals surface area contributed by atoms with E-state index in [1.807, 2.05) is 26.0 Å². The second kappa shape index (κ2) is 11.3. The molecule has 0 heterocycles. The van der Waals surface area contributed by atoms with E-state index in [1.54, 1.807) is 12.1 Å². The summed E-state index contributed by atoms with van der Waals surface area (Å²) in [6, 6.07) is 7.05. The van der Waals surface area contributed by atoms with Crippen molar-refractivity contribution in [2.24, 2.45) is 0 Å². The SMILES string of the molecule is CCOP(=O)(CC)CCCN(OCCCc1ccc(O)cc1)C(C)=O. The Morgan fingerprint density at radius 1 is 1.20 bits per heavy atom. The quantitative estimate of drug-likeness (QED) is 0.343. The number of carbonyl (C=O) groups excluding carboxylic acids is 1. The zero-order valence-electron chi connectivity index (χ0n) is 15.4. The van der Waals surface area contributed by atoms with E-state index in [4.69, 9.17) is 9.36 Å². The van der Waals surface area contributed by atoms with Crippen LogP contribution in [0.25, 0.3) is 0 Å². The molecule has 1 rings (SSSR count). The third kappa shape index (κ3) is 8.52. The number of nitrogens with zero attached hydrogens (tertiary/aromatic N) is 1. The van der Waals surface area contributed by atoms with Gasteiger partial charge in [-0.15, -0.1) is 0 Å². The zero-order valence-corrected chi connectivity index (χ0v) is 16.3. The Morgan fingerprint density at radius 2 is 1.88 bits per heavy atom. The minimum Gasteiger partial charge on any atom is -0.508 e. The lowest BCUT2D eigenvalue weighted by Gasteiger charge is -2.22. The average Bonchev–Trinajstić information content (AvgIpc) is 2.58. The Labute approximate surface area is 150 Å². The number of hydrogen-bond donors (Lipinski definition) is 1. The van der Waals surface area contributed by atoms with Gasteiger partial charge in [-0.2, -0.15) is 0 Å². The van der Waals surface area contributed by atoms with Gasteiger partial charge in [-0.3, -0.25) is 14.2 Å². The van der Waals surface area contributed by atoms with Crippen molar-refractivity contribution >= 4 is 13.3 Å². The summed E-state index contributed by atoms with van der Waals surface area (Å²) in [5.74, 6) is 0.0894. The van der Waals surface area contributed by atoms with Gasteiger partial charge < -0.3 is 9.63 Å². The molecule has 0 aliphatic rings. The lowest BCUT2D eigenvalue weighted by Crippen LogP contribution is -2.31. The fraction of sp³-hybridized carbons (Fsp3) is 0.611. The molecule has 0 radical (unpaired) electrons. The molecule has 0 fully saturated rings. The number of rotatable bonds is 12. The van der Waals surface area contributed by atoms with Gasteiger partial charge in [0.25, 0.3) is 0 Å². The van der Waals surface area contributed by atoms with E-state index < -0.39 is 7.37 Å². The second-order valence-electron chi connectivity index (χ2n) is 5.85. The van der Waals surface area contributed by atoms with E-state index in [-0.39, 0.29) is 11.7 Å². The van der Waals surface area contributed by atoms with Gasteiger partial charge >= 0.3 is 0 Å². The van der Waals surface area contributed by atoms with Crippen molar-refractivity contribution in [3.8, 4) is 5.75 Å². The molecule has 0 saturated heterocycles. The smallest absolute Gasteiger partial charge is 0.242 e. The molecule has 142 valence electrons. The molecule has 0 aromatic heterocycles. The number of aromatic hydroxyl groups is 1. The van der Waals surface area contributed by atoms with Crippen LogP contribution in [0.3, 0.4) is 0 Å². The number of phenols is 1. The van der Waals surface area contributed by atoms with Gasteiger partial charge in [-0.25, -0.2) is 5.06 Å². The van der Waals surface area contributed by atoms with E-state index in [2.05, 4.69) is 0 Å². The summed E-state index contributed by atoms with van der Waals surface area (Å²) < 4.78 is 17.8. The van der Waals surface area contributed by atoms with Crippen LogP contribution in [0.4, 0.5) is 0 Å². The van der Waals surface area contributed by atoms with E-state index in [1.165, 1.54) is 12.0 Å². The molecule has 1 unspecified atom stereocenters. The Morgan fingerprint density at radius 3 is 2.44 bits per heavy atom. The van der Waals surface area contributed by atoms with Gasteiger partial charge in [0.1, 0.15) is 5.75 Å². The average molecular weight is 371 g/mol. The molecule has 1 N–H and O–H groups in total. The molecule has 1 amide bonds. The molecular weight excluding hydrogens is 341 g/mol. The first-order chi connectivity index (χ1) is 11.9. The lowest BCUT2D eigenvalue weighted by molar-refractivity contribution is -0.184. The van der Waals surface area contributed by atoms with Crippen molar-refractivity contribution in [3.63, 3.8) is 0 Å². The van der Waals surface area contributed by atoms with Crippen molar-refractivity contribution in [2.45, 2.75) is 40.0 Å². The summed E-state index contributed by atoms with van der Waals surface area (Å²) in [5, 5.41) is 10.6. The monoisotopic (exact) mass is 371 g/mol. The van der Waals surface area contributed by atoms with Crippen LogP contribution in [-0.2, 0) is 25.1 Å². The highest BCUT2D eigenvalue weighted by molar-refractivity contribution is 7.58. The molecule has 25 heavy (non-hydrogen) atoms. The van der Waals surface area contributed by atoms with Crippen molar-refractivity contribution in [3.05, 3.63) is 29.8 Å². The number of aryl methyl sites for hydroxylation is 1. The fourth-order valence-corrected chi connectivity index (χ4v) is 4.15.